The summed E-state index contributed by atoms with van der Waals surface area (Å²) < 4.78 is 72.0. The zero-order chi connectivity index (χ0) is 32.1. The molecule has 14 heteroatoms. The van der Waals surface area contributed by atoms with Gasteiger partial charge >= 0.3 is 6.18 Å². The number of pyridine rings is 3. The van der Waals surface area contributed by atoms with E-state index >= 15 is 0 Å². The van der Waals surface area contributed by atoms with E-state index in [0.717, 1.165) is 22.3 Å². The van der Waals surface area contributed by atoms with Crippen molar-refractivity contribution in [2.75, 3.05) is 35.9 Å². The van der Waals surface area contributed by atoms with Crippen LogP contribution in [0.25, 0.3) is 28.0 Å². The van der Waals surface area contributed by atoms with Crippen molar-refractivity contribution in [3.05, 3.63) is 48.5 Å². The molecule has 5 heterocycles. The number of nitrogens with zero attached hydrogens (tertiary/aromatic N) is 6. The molecule has 4 aromatic heterocycles. The van der Waals surface area contributed by atoms with Crippen molar-refractivity contribution in [1.29, 1.82) is 0 Å². The Bertz CT molecular complexity index is 1830. The summed E-state index contributed by atoms with van der Waals surface area (Å²) in [7, 11) is -1.57. The van der Waals surface area contributed by atoms with Crippen LogP contribution in [0.2, 0.25) is 0 Å². The standard InChI is InChI=1S/C31H36F3N7O3S/c1-18-24-15-36-41(27(24)13-26(37-18)25-14-35-9-8-28(25)44-3)30-12-23(40-16-20(19(40)2)17-45(4,42)43)11-29(39-30)38-22-7-5-6-21(10-22)31(32,33)34/h8-9,11-15,19-22H,5-7,10,16-17H2,1-4H3,(H,38,39)/t19-,20-,21?,22?/m1/s1. The summed E-state index contributed by atoms with van der Waals surface area (Å²) in [6, 6.07) is 6.91. The van der Waals surface area contributed by atoms with E-state index in [1.165, 1.54) is 6.26 Å². The number of nitrogens with one attached hydrogen (secondary N) is 1. The number of methoxy groups -OCH3 is 1. The first-order valence-electron chi connectivity index (χ1n) is 14.9. The molecule has 1 aliphatic heterocycles. The van der Waals surface area contributed by atoms with Gasteiger partial charge in [-0.3, -0.25) is 9.97 Å². The predicted molar refractivity (Wildman–Crippen MR) is 167 cm³/mol. The van der Waals surface area contributed by atoms with Crippen LogP contribution in [0.3, 0.4) is 0 Å². The molecule has 1 aliphatic carbocycles. The number of anilines is 2. The predicted octanol–water partition coefficient (Wildman–Crippen LogP) is 5.60. The van der Waals surface area contributed by atoms with Crippen LogP contribution < -0.4 is 15.0 Å². The quantitative estimate of drug-likeness (QED) is 0.262. The van der Waals surface area contributed by atoms with Gasteiger partial charge in [0.2, 0.25) is 0 Å². The number of halogens is 3. The Balaban J connectivity index is 1.41. The van der Waals surface area contributed by atoms with E-state index < -0.39 is 28.0 Å². The third-order valence-electron chi connectivity index (χ3n) is 8.99. The van der Waals surface area contributed by atoms with E-state index in [-0.39, 0.29) is 30.6 Å². The minimum Gasteiger partial charge on any atom is -0.496 e. The van der Waals surface area contributed by atoms with E-state index in [0.29, 0.717) is 48.0 Å². The molecular formula is C31H36F3N7O3S. The third kappa shape index (κ3) is 6.42. The number of aromatic nitrogens is 5. The Morgan fingerprint density at radius 3 is 2.64 bits per heavy atom. The van der Waals surface area contributed by atoms with Crippen molar-refractivity contribution < 1.29 is 26.3 Å². The van der Waals surface area contributed by atoms with Gasteiger partial charge in [0, 0.05) is 72.1 Å². The summed E-state index contributed by atoms with van der Waals surface area (Å²) in [5.74, 6) is 0.237. The van der Waals surface area contributed by atoms with E-state index in [2.05, 4.69) is 20.3 Å². The van der Waals surface area contributed by atoms with Gasteiger partial charge in [0.25, 0.3) is 0 Å². The Morgan fingerprint density at radius 1 is 1.13 bits per heavy atom. The van der Waals surface area contributed by atoms with Crippen molar-refractivity contribution in [3.63, 3.8) is 0 Å². The van der Waals surface area contributed by atoms with Crippen LogP contribution in [-0.2, 0) is 9.84 Å². The molecule has 1 saturated heterocycles. The molecule has 0 spiro atoms. The fourth-order valence-corrected chi connectivity index (χ4v) is 7.70. The molecule has 1 N–H and O–H groups in total. The summed E-state index contributed by atoms with van der Waals surface area (Å²) in [4.78, 5) is 15.9. The van der Waals surface area contributed by atoms with Crippen molar-refractivity contribution in [2.45, 2.75) is 57.8 Å². The Kier molecular flexibility index (Phi) is 8.12. The average Bonchev–Trinajstić information content (AvgIpc) is 3.43. The lowest BCUT2D eigenvalue weighted by atomic mass is 9.85. The molecule has 4 atom stereocenters. The zero-order valence-corrected chi connectivity index (χ0v) is 26.4. The smallest absolute Gasteiger partial charge is 0.391 e. The highest BCUT2D eigenvalue weighted by molar-refractivity contribution is 7.90. The van der Waals surface area contributed by atoms with Crippen LogP contribution in [0, 0.1) is 18.8 Å². The zero-order valence-electron chi connectivity index (χ0n) is 25.5. The molecule has 0 amide bonds. The third-order valence-corrected chi connectivity index (χ3v) is 10.0. The van der Waals surface area contributed by atoms with Crippen LogP contribution in [0.1, 0.15) is 38.3 Å². The highest BCUT2D eigenvalue weighted by Crippen LogP contribution is 2.40. The van der Waals surface area contributed by atoms with E-state index in [1.54, 1.807) is 36.4 Å². The van der Waals surface area contributed by atoms with Crippen molar-refractivity contribution in [1.82, 2.24) is 24.7 Å². The lowest BCUT2D eigenvalue weighted by molar-refractivity contribution is -0.182. The summed E-state index contributed by atoms with van der Waals surface area (Å²) in [6.07, 6.45) is 3.23. The molecule has 10 nitrogen and oxygen atoms in total. The first kappa shape index (κ1) is 31.1. The second-order valence-corrected chi connectivity index (χ2v) is 14.4. The lowest BCUT2D eigenvalue weighted by Gasteiger charge is -2.48. The molecule has 240 valence electrons. The number of alkyl halides is 3. The molecule has 0 aromatic carbocycles. The maximum atomic E-state index is 13.6. The van der Waals surface area contributed by atoms with Gasteiger partial charge in [0.05, 0.1) is 41.8 Å². The SMILES string of the molecule is COc1ccncc1-c1cc2c(cnn2-c2cc(N3C[C@H](CS(C)(=O)=O)[C@H]3C)cc(NC3CCCC(C(F)(F)F)C3)n2)c(C)n1. The molecule has 2 aliphatic rings. The van der Waals surface area contributed by atoms with Gasteiger partial charge in [-0.1, -0.05) is 6.42 Å². The molecule has 0 radical (unpaired) electrons. The summed E-state index contributed by atoms with van der Waals surface area (Å²) >= 11 is 0. The molecule has 2 fully saturated rings. The van der Waals surface area contributed by atoms with Crippen LogP contribution >= 0.6 is 0 Å². The van der Waals surface area contributed by atoms with E-state index in [4.69, 9.17) is 14.7 Å². The number of hydrogen-bond donors (Lipinski definition) is 1. The topological polar surface area (TPSA) is 115 Å². The van der Waals surface area contributed by atoms with Crippen LogP contribution in [0.4, 0.5) is 24.7 Å². The number of aryl methyl sites for hydroxylation is 1. The normalized spacial score (nSPS) is 22.3. The molecule has 1 saturated carbocycles. The van der Waals surface area contributed by atoms with Gasteiger partial charge in [-0.15, -0.1) is 0 Å². The van der Waals surface area contributed by atoms with Crippen LogP contribution in [-0.4, -0.2) is 77.1 Å². The Labute approximate surface area is 260 Å². The molecular weight excluding hydrogens is 607 g/mol. The summed E-state index contributed by atoms with van der Waals surface area (Å²) in [5.41, 5.74) is 3.62. The molecule has 2 unspecified atom stereocenters. The fourth-order valence-electron chi connectivity index (χ4n) is 6.54. The van der Waals surface area contributed by atoms with Gasteiger partial charge in [-0.05, 0) is 45.2 Å². The van der Waals surface area contributed by atoms with Gasteiger partial charge < -0.3 is 15.0 Å². The number of fused-ring (bicyclic) bond motifs is 1. The van der Waals surface area contributed by atoms with Gasteiger partial charge in [-0.2, -0.15) is 18.3 Å². The number of sulfone groups is 1. The lowest BCUT2D eigenvalue weighted by Crippen LogP contribution is -2.57. The summed E-state index contributed by atoms with van der Waals surface area (Å²) in [6.45, 7) is 4.40. The molecule has 45 heavy (non-hydrogen) atoms. The molecule has 4 aromatic rings. The van der Waals surface area contributed by atoms with E-state index in [1.807, 2.05) is 32.0 Å². The van der Waals surface area contributed by atoms with Crippen LogP contribution in [0.5, 0.6) is 5.75 Å². The van der Waals surface area contributed by atoms with Gasteiger partial charge in [-0.25, -0.2) is 18.1 Å². The monoisotopic (exact) mass is 643 g/mol. The maximum Gasteiger partial charge on any atom is 0.391 e. The first-order valence-corrected chi connectivity index (χ1v) is 17.0. The average molecular weight is 644 g/mol. The maximum absolute atomic E-state index is 13.6. The summed E-state index contributed by atoms with van der Waals surface area (Å²) in [5, 5.41) is 8.76. The largest absolute Gasteiger partial charge is 0.496 e. The Morgan fingerprint density at radius 2 is 1.93 bits per heavy atom. The second-order valence-electron chi connectivity index (χ2n) is 12.2. The highest BCUT2D eigenvalue weighted by Gasteiger charge is 2.42. The fraction of sp³-hybridized carbons (Fsp3) is 0.484. The Hall–Kier alpha value is -3.94. The van der Waals surface area contributed by atoms with Crippen LogP contribution in [0.15, 0.2) is 42.9 Å². The molecule has 6 rings (SSSR count). The van der Waals surface area contributed by atoms with E-state index in [9.17, 15) is 21.6 Å². The number of ether oxygens (including phenoxy) is 1. The number of rotatable bonds is 8. The van der Waals surface area contributed by atoms with Crippen molar-refractivity contribution in [3.8, 4) is 22.8 Å². The van der Waals surface area contributed by atoms with Crippen molar-refractivity contribution in [2.24, 2.45) is 11.8 Å². The first-order chi connectivity index (χ1) is 21.3. The minimum atomic E-state index is -4.24. The highest BCUT2D eigenvalue weighted by atomic mass is 32.2. The van der Waals surface area contributed by atoms with Crippen molar-refractivity contribution >= 4 is 32.2 Å². The van der Waals surface area contributed by atoms with Gasteiger partial charge in [0.15, 0.2) is 5.82 Å². The number of hydrogen-bond acceptors (Lipinski definition) is 9. The second kappa shape index (κ2) is 11.8. The van der Waals surface area contributed by atoms with Gasteiger partial charge in [0.1, 0.15) is 21.4 Å². The minimum absolute atomic E-state index is 0.0207. The molecule has 0 bridgehead atoms.